The first kappa shape index (κ1) is 23.2. The molecule has 0 spiro atoms. The van der Waals surface area contributed by atoms with Crippen molar-refractivity contribution >= 4 is 0 Å². The van der Waals surface area contributed by atoms with E-state index in [1.807, 2.05) is 6.08 Å². The first-order valence-electron chi connectivity index (χ1n) is 12.8. The maximum atomic E-state index is 5.49. The van der Waals surface area contributed by atoms with Crippen molar-refractivity contribution in [2.75, 3.05) is 13.1 Å². The zero-order chi connectivity index (χ0) is 23.1. The second-order valence-electron chi connectivity index (χ2n) is 11.5. The van der Waals surface area contributed by atoms with Crippen LogP contribution < -0.4 is 0 Å². The van der Waals surface area contributed by atoms with Crippen molar-refractivity contribution in [3.8, 4) is 12.3 Å². The molecular formula is C31H43N. The summed E-state index contributed by atoms with van der Waals surface area (Å²) in [7, 11) is 0. The minimum absolute atomic E-state index is 0.413. The van der Waals surface area contributed by atoms with Crippen LogP contribution in [-0.4, -0.2) is 18.0 Å². The average molecular weight is 430 g/mol. The summed E-state index contributed by atoms with van der Waals surface area (Å²) in [5.41, 5.74) is 6.85. The summed E-state index contributed by atoms with van der Waals surface area (Å²) < 4.78 is 0. The molecule has 0 aliphatic heterocycles. The van der Waals surface area contributed by atoms with Crippen LogP contribution in [0, 0.1) is 40.4 Å². The highest BCUT2D eigenvalue weighted by Gasteiger charge is 2.81. The quantitative estimate of drug-likeness (QED) is 0.194. The third-order valence-electron chi connectivity index (χ3n) is 9.94. The summed E-state index contributed by atoms with van der Waals surface area (Å²) >= 11 is 0. The van der Waals surface area contributed by atoms with Gasteiger partial charge < -0.3 is 4.90 Å². The van der Waals surface area contributed by atoms with E-state index in [0.29, 0.717) is 16.2 Å². The van der Waals surface area contributed by atoms with Crippen molar-refractivity contribution < 1.29 is 0 Å². The molecule has 4 aliphatic carbocycles. The lowest BCUT2D eigenvalue weighted by Crippen LogP contribution is -2.37. The van der Waals surface area contributed by atoms with Crippen LogP contribution in [0.5, 0.6) is 0 Å². The Morgan fingerprint density at radius 3 is 2.50 bits per heavy atom. The highest BCUT2D eigenvalue weighted by Crippen LogP contribution is 2.88. The maximum Gasteiger partial charge on any atom is 0.0365 e. The lowest BCUT2D eigenvalue weighted by atomic mass is 9.67. The number of nitrogens with zero attached hydrogens (tertiary/aromatic N) is 1. The lowest BCUT2D eigenvalue weighted by Gasteiger charge is -2.41. The first-order valence-corrected chi connectivity index (χ1v) is 12.8. The summed E-state index contributed by atoms with van der Waals surface area (Å²) in [5.74, 6) is 4.29. The summed E-state index contributed by atoms with van der Waals surface area (Å²) in [6, 6.07) is 0. The molecule has 3 atom stereocenters. The molecule has 32 heavy (non-hydrogen) atoms. The molecule has 0 heterocycles. The van der Waals surface area contributed by atoms with Crippen LogP contribution in [0.4, 0.5) is 0 Å². The van der Waals surface area contributed by atoms with Crippen molar-refractivity contribution in [1.82, 2.24) is 4.90 Å². The molecular weight excluding hydrogens is 386 g/mol. The predicted octanol–water partition coefficient (Wildman–Crippen LogP) is 7.85. The van der Waals surface area contributed by atoms with Crippen molar-refractivity contribution in [3.63, 3.8) is 0 Å². The van der Waals surface area contributed by atoms with Gasteiger partial charge in [-0.3, -0.25) is 0 Å². The number of fused-ring (bicyclic) bond motifs is 3. The fourth-order valence-electron chi connectivity index (χ4n) is 7.11. The molecule has 0 amide bonds. The Morgan fingerprint density at radius 1 is 1.22 bits per heavy atom. The molecule has 0 N–H and O–H groups in total. The van der Waals surface area contributed by atoms with Gasteiger partial charge in [-0.15, -0.1) is 6.42 Å². The fraction of sp³-hybridized carbons (Fsp3) is 0.613. The van der Waals surface area contributed by atoms with Gasteiger partial charge >= 0.3 is 0 Å². The van der Waals surface area contributed by atoms with E-state index >= 15 is 0 Å². The van der Waals surface area contributed by atoms with Gasteiger partial charge in [0.1, 0.15) is 0 Å². The van der Waals surface area contributed by atoms with Gasteiger partial charge in [-0.2, -0.15) is 0 Å². The maximum absolute atomic E-state index is 5.49. The van der Waals surface area contributed by atoms with Gasteiger partial charge in [0.15, 0.2) is 0 Å². The Labute approximate surface area is 197 Å². The SMILES string of the molecule is C#C\C=C/C(=C\CN(CC1CCC2(C(=C)CC)CCC1C2)C(=C)C12CC1(C)C2)C(/C)=C/C. The van der Waals surface area contributed by atoms with Crippen molar-refractivity contribution in [2.45, 2.75) is 79.1 Å². The summed E-state index contributed by atoms with van der Waals surface area (Å²) in [6.45, 7) is 20.2. The van der Waals surface area contributed by atoms with Crippen LogP contribution in [0.1, 0.15) is 79.1 Å². The van der Waals surface area contributed by atoms with Crippen LogP contribution in [0.2, 0.25) is 0 Å². The Morgan fingerprint density at radius 2 is 1.91 bits per heavy atom. The second-order valence-corrected chi connectivity index (χ2v) is 11.5. The average Bonchev–Trinajstić information content (AvgIpc) is 3.53. The largest absolute Gasteiger partial charge is 0.371 e. The zero-order valence-electron chi connectivity index (χ0n) is 21.0. The molecule has 1 nitrogen and oxygen atoms in total. The summed E-state index contributed by atoms with van der Waals surface area (Å²) in [6.07, 6.45) is 24.6. The Kier molecular flexibility index (Phi) is 6.13. The van der Waals surface area contributed by atoms with Gasteiger partial charge in [-0.05, 0) is 111 Å². The van der Waals surface area contributed by atoms with Gasteiger partial charge in [0, 0.05) is 24.2 Å². The van der Waals surface area contributed by atoms with Gasteiger partial charge in [0.2, 0.25) is 0 Å². The normalized spacial score (nSPS) is 37.7. The molecule has 3 unspecified atom stereocenters. The third kappa shape index (κ3) is 3.85. The van der Waals surface area contributed by atoms with Gasteiger partial charge in [0.05, 0.1) is 0 Å². The second kappa shape index (κ2) is 8.44. The van der Waals surface area contributed by atoms with Crippen LogP contribution in [0.3, 0.4) is 0 Å². The van der Waals surface area contributed by atoms with Crippen LogP contribution in [-0.2, 0) is 0 Å². The van der Waals surface area contributed by atoms with Crippen LogP contribution in [0.25, 0.3) is 0 Å². The molecule has 4 aliphatic rings. The molecule has 0 radical (unpaired) electrons. The van der Waals surface area contributed by atoms with E-state index < -0.39 is 0 Å². The molecule has 2 bridgehead atoms. The highest BCUT2D eigenvalue weighted by atomic mass is 15.2. The Hall–Kier alpha value is -1.94. The van der Waals surface area contributed by atoms with Crippen molar-refractivity contribution in [2.24, 2.45) is 28.1 Å². The van der Waals surface area contributed by atoms with E-state index in [0.717, 1.165) is 31.3 Å². The standard InChI is InChI=1S/C31H43N/c1-8-11-12-26(23(4)9-2)15-18-32(25(6)31-21-29(31,7)22-31)20-28-14-17-30(24(5)10-3)16-13-27(28)19-30/h1,9,11-12,15,27-28H,5-6,10,13-14,16-22H2,2-4,7H3/b12-11-,23-9+,26-15+. The highest BCUT2D eigenvalue weighted by molar-refractivity contribution is 5.43. The van der Waals surface area contributed by atoms with Crippen LogP contribution in [0.15, 0.2) is 59.9 Å². The van der Waals surface area contributed by atoms with E-state index in [4.69, 9.17) is 6.42 Å². The molecule has 4 saturated carbocycles. The minimum atomic E-state index is 0.413. The Balaban J connectivity index is 1.51. The van der Waals surface area contributed by atoms with E-state index in [9.17, 15) is 0 Å². The molecule has 0 aromatic carbocycles. The zero-order valence-corrected chi connectivity index (χ0v) is 21.0. The van der Waals surface area contributed by atoms with Gasteiger partial charge in [0.25, 0.3) is 0 Å². The minimum Gasteiger partial charge on any atom is -0.371 e. The van der Waals surface area contributed by atoms with E-state index in [1.165, 1.54) is 67.4 Å². The summed E-state index contributed by atoms with van der Waals surface area (Å²) in [4.78, 5) is 2.65. The monoisotopic (exact) mass is 429 g/mol. The van der Waals surface area contributed by atoms with E-state index in [2.05, 4.69) is 69.9 Å². The van der Waals surface area contributed by atoms with Crippen molar-refractivity contribution in [1.29, 1.82) is 0 Å². The number of terminal acetylenes is 1. The first-order chi connectivity index (χ1) is 15.2. The number of hydrogen-bond acceptors (Lipinski definition) is 1. The lowest BCUT2D eigenvalue weighted by molar-refractivity contribution is 0.149. The molecule has 4 rings (SSSR count). The molecule has 0 aromatic rings. The number of rotatable bonds is 10. The topological polar surface area (TPSA) is 3.24 Å². The molecule has 0 saturated heterocycles. The van der Waals surface area contributed by atoms with Gasteiger partial charge in [-0.25, -0.2) is 0 Å². The molecule has 4 fully saturated rings. The molecule has 1 heteroatoms. The Bertz CT molecular complexity index is 913. The van der Waals surface area contributed by atoms with Gasteiger partial charge in [-0.1, -0.05) is 50.7 Å². The van der Waals surface area contributed by atoms with Crippen LogP contribution >= 0.6 is 0 Å². The third-order valence-corrected chi connectivity index (χ3v) is 9.94. The fourth-order valence-corrected chi connectivity index (χ4v) is 7.11. The number of allylic oxidation sites excluding steroid dienone is 7. The van der Waals surface area contributed by atoms with E-state index in [1.54, 1.807) is 0 Å². The molecule has 0 aromatic heterocycles. The summed E-state index contributed by atoms with van der Waals surface area (Å²) in [5, 5.41) is 0. The van der Waals surface area contributed by atoms with Crippen molar-refractivity contribution in [3.05, 3.63) is 59.9 Å². The smallest absolute Gasteiger partial charge is 0.0365 e. The predicted molar refractivity (Wildman–Crippen MR) is 138 cm³/mol. The van der Waals surface area contributed by atoms with E-state index in [-0.39, 0.29) is 0 Å². The number of hydrogen-bond donors (Lipinski definition) is 0. The molecule has 172 valence electrons.